The fourth-order valence-corrected chi connectivity index (χ4v) is 1.55. The Labute approximate surface area is 101 Å². The number of aliphatic hydroxyl groups is 1. The number of nitrogens with one attached hydrogen (secondary N) is 1. The van der Waals surface area contributed by atoms with Crippen LogP contribution in [0.25, 0.3) is 0 Å². The summed E-state index contributed by atoms with van der Waals surface area (Å²) in [5, 5.41) is 12.0. The monoisotopic (exact) mass is 237 g/mol. The Morgan fingerprint density at radius 3 is 2.88 bits per heavy atom. The highest BCUT2D eigenvalue weighted by Gasteiger charge is 2.14. The molecule has 1 aromatic heterocycles. The van der Waals surface area contributed by atoms with Gasteiger partial charge in [0.25, 0.3) is 5.91 Å². The Balaban J connectivity index is 2.83. The van der Waals surface area contributed by atoms with Gasteiger partial charge in [-0.1, -0.05) is 0 Å². The SMILES string of the molecule is CCNc1ccnc(C(=O)N(CC)CCO)c1. The second kappa shape index (κ2) is 6.85. The van der Waals surface area contributed by atoms with Crippen LogP contribution in [0.4, 0.5) is 5.69 Å². The molecule has 0 aliphatic heterocycles. The molecule has 0 unspecified atom stereocenters. The van der Waals surface area contributed by atoms with Crippen LogP contribution in [0.1, 0.15) is 24.3 Å². The number of aromatic nitrogens is 1. The lowest BCUT2D eigenvalue weighted by molar-refractivity contribution is 0.0726. The number of rotatable bonds is 6. The van der Waals surface area contributed by atoms with Crippen molar-refractivity contribution in [2.45, 2.75) is 13.8 Å². The summed E-state index contributed by atoms with van der Waals surface area (Å²) in [4.78, 5) is 17.7. The highest BCUT2D eigenvalue weighted by Crippen LogP contribution is 2.09. The standard InChI is InChI=1S/C12H19N3O2/c1-3-13-10-5-6-14-11(9-10)12(17)15(4-2)7-8-16/h5-6,9,16H,3-4,7-8H2,1-2H3,(H,13,14). The summed E-state index contributed by atoms with van der Waals surface area (Å²) >= 11 is 0. The average Bonchev–Trinajstić information content (AvgIpc) is 2.36. The van der Waals surface area contributed by atoms with Gasteiger partial charge in [0.1, 0.15) is 5.69 Å². The van der Waals surface area contributed by atoms with E-state index in [9.17, 15) is 4.79 Å². The summed E-state index contributed by atoms with van der Waals surface area (Å²) in [5.41, 5.74) is 1.28. The van der Waals surface area contributed by atoms with Crippen LogP contribution in [-0.2, 0) is 0 Å². The first-order valence-electron chi connectivity index (χ1n) is 5.83. The molecule has 1 heterocycles. The van der Waals surface area contributed by atoms with E-state index in [1.165, 1.54) is 0 Å². The fraction of sp³-hybridized carbons (Fsp3) is 0.500. The van der Waals surface area contributed by atoms with Crippen LogP contribution < -0.4 is 5.32 Å². The Kier molecular flexibility index (Phi) is 5.42. The fourth-order valence-electron chi connectivity index (χ4n) is 1.55. The number of nitrogens with zero attached hydrogens (tertiary/aromatic N) is 2. The van der Waals surface area contributed by atoms with E-state index in [1.54, 1.807) is 17.2 Å². The zero-order chi connectivity index (χ0) is 12.7. The highest BCUT2D eigenvalue weighted by molar-refractivity contribution is 5.93. The minimum Gasteiger partial charge on any atom is -0.395 e. The van der Waals surface area contributed by atoms with E-state index < -0.39 is 0 Å². The number of aliphatic hydroxyl groups excluding tert-OH is 1. The van der Waals surface area contributed by atoms with Crippen molar-refractivity contribution in [3.63, 3.8) is 0 Å². The van der Waals surface area contributed by atoms with E-state index in [-0.39, 0.29) is 12.5 Å². The van der Waals surface area contributed by atoms with Crippen molar-refractivity contribution in [1.82, 2.24) is 9.88 Å². The number of carbonyl (C=O) groups is 1. The third-order valence-electron chi connectivity index (χ3n) is 2.40. The largest absolute Gasteiger partial charge is 0.395 e. The molecule has 0 aliphatic rings. The van der Waals surface area contributed by atoms with Gasteiger partial charge in [0.15, 0.2) is 0 Å². The molecule has 0 radical (unpaired) electrons. The predicted octanol–water partition coefficient (Wildman–Crippen LogP) is 0.968. The lowest BCUT2D eigenvalue weighted by atomic mass is 10.2. The van der Waals surface area contributed by atoms with Gasteiger partial charge in [-0.2, -0.15) is 0 Å². The number of likely N-dealkylation sites (N-methyl/N-ethyl adjacent to an activating group) is 1. The molecule has 0 bridgehead atoms. The average molecular weight is 237 g/mol. The maximum absolute atomic E-state index is 12.0. The van der Waals surface area contributed by atoms with Crippen molar-refractivity contribution in [2.24, 2.45) is 0 Å². The van der Waals surface area contributed by atoms with Gasteiger partial charge in [-0.15, -0.1) is 0 Å². The first kappa shape index (κ1) is 13.4. The van der Waals surface area contributed by atoms with Crippen LogP contribution >= 0.6 is 0 Å². The van der Waals surface area contributed by atoms with Crippen LogP contribution in [0.3, 0.4) is 0 Å². The lowest BCUT2D eigenvalue weighted by Gasteiger charge is -2.19. The molecule has 0 aliphatic carbocycles. The molecule has 0 spiro atoms. The van der Waals surface area contributed by atoms with Crippen molar-refractivity contribution in [3.05, 3.63) is 24.0 Å². The van der Waals surface area contributed by atoms with E-state index in [0.29, 0.717) is 18.8 Å². The number of anilines is 1. The molecule has 1 aromatic rings. The minimum absolute atomic E-state index is 0.0352. The Morgan fingerprint density at radius 1 is 1.53 bits per heavy atom. The first-order valence-corrected chi connectivity index (χ1v) is 5.83. The third-order valence-corrected chi connectivity index (χ3v) is 2.40. The van der Waals surface area contributed by atoms with Crippen LogP contribution in [0.5, 0.6) is 0 Å². The van der Waals surface area contributed by atoms with Gasteiger partial charge in [0, 0.05) is 31.5 Å². The van der Waals surface area contributed by atoms with Crippen LogP contribution in [0, 0.1) is 0 Å². The number of hydrogen-bond donors (Lipinski definition) is 2. The van der Waals surface area contributed by atoms with Crippen molar-refractivity contribution in [2.75, 3.05) is 31.6 Å². The van der Waals surface area contributed by atoms with Gasteiger partial charge >= 0.3 is 0 Å². The Bertz CT molecular complexity index is 369. The van der Waals surface area contributed by atoms with Gasteiger partial charge in [-0.05, 0) is 26.0 Å². The predicted molar refractivity (Wildman–Crippen MR) is 67.1 cm³/mol. The summed E-state index contributed by atoms with van der Waals surface area (Å²) in [6, 6.07) is 3.55. The summed E-state index contributed by atoms with van der Waals surface area (Å²) in [6.45, 7) is 5.53. The topological polar surface area (TPSA) is 65.5 Å². The molecule has 0 aromatic carbocycles. The van der Waals surface area contributed by atoms with E-state index in [4.69, 9.17) is 5.11 Å². The minimum atomic E-state index is -0.152. The van der Waals surface area contributed by atoms with E-state index >= 15 is 0 Å². The third kappa shape index (κ3) is 3.71. The number of hydrogen-bond acceptors (Lipinski definition) is 4. The summed E-state index contributed by atoms with van der Waals surface area (Å²) in [7, 11) is 0. The normalized spacial score (nSPS) is 10.1. The quantitative estimate of drug-likeness (QED) is 0.773. The van der Waals surface area contributed by atoms with Gasteiger partial charge in [0.2, 0.25) is 0 Å². The van der Waals surface area contributed by atoms with E-state index in [0.717, 1.165) is 12.2 Å². The van der Waals surface area contributed by atoms with Crippen molar-refractivity contribution in [3.8, 4) is 0 Å². The molecule has 0 atom stereocenters. The van der Waals surface area contributed by atoms with Crippen molar-refractivity contribution in [1.29, 1.82) is 0 Å². The summed E-state index contributed by atoms with van der Waals surface area (Å²) in [6.07, 6.45) is 1.61. The maximum atomic E-state index is 12.0. The maximum Gasteiger partial charge on any atom is 0.272 e. The molecule has 1 amide bonds. The highest BCUT2D eigenvalue weighted by atomic mass is 16.3. The van der Waals surface area contributed by atoms with Gasteiger partial charge in [-0.3, -0.25) is 9.78 Å². The molecule has 2 N–H and O–H groups in total. The molecule has 5 nitrogen and oxygen atoms in total. The molecule has 0 fully saturated rings. The summed E-state index contributed by atoms with van der Waals surface area (Å²) in [5.74, 6) is -0.152. The van der Waals surface area contributed by atoms with E-state index in [1.807, 2.05) is 19.9 Å². The Hall–Kier alpha value is -1.62. The molecule has 0 saturated carbocycles. The summed E-state index contributed by atoms with van der Waals surface area (Å²) < 4.78 is 0. The van der Waals surface area contributed by atoms with Gasteiger partial charge in [0.05, 0.1) is 6.61 Å². The molecule has 0 saturated heterocycles. The van der Waals surface area contributed by atoms with Crippen LogP contribution in [-0.4, -0.2) is 47.1 Å². The molecular weight excluding hydrogens is 218 g/mol. The second-order valence-corrected chi connectivity index (χ2v) is 3.57. The smallest absolute Gasteiger partial charge is 0.272 e. The molecule has 17 heavy (non-hydrogen) atoms. The Morgan fingerprint density at radius 2 is 2.29 bits per heavy atom. The second-order valence-electron chi connectivity index (χ2n) is 3.57. The zero-order valence-electron chi connectivity index (χ0n) is 10.3. The molecular formula is C12H19N3O2. The number of pyridine rings is 1. The number of amides is 1. The first-order chi connectivity index (χ1) is 8.22. The zero-order valence-corrected chi connectivity index (χ0v) is 10.3. The van der Waals surface area contributed by atoms with Crippen LogP contribution in [0.2, 0.25) is 0 Å². The van der Waals surface area contributed by atoms with Gasteiger partial charge in [-0.25, -0.2) is 0 Å². The van der Waals surface area contributed by atoms with Gasteiger partial charge < -0.3 is 15.3 Å². The van der Waals surface area contributed by atoms with Crippen molar-refractivity contribution >= 4 is 11.6 Å². The van der Waals surface area contributed by atoms with Crippen molar-refractivity contribution < 1.29 is 9.90 Å². The molecule has 5 heteroatoms. The van der Waals surface area contributed by atoms with Crippen LogP contribution in [0.15, 0.2) is 18.3 Å². The molecule has 94 valence electrons. The van der Waals surface area contributed by atoms with E-state index in [2.05, 4.69) is 10.3 Å². The number of carbonyl (C=O) groups excluding carboxylic acids is 1. The lowest BCUT2D eigenvalue weighted by Crippen LogP contribution is -2.33. The molecule has 1 rings (SSSR count).